The molecule has 0 N–H and O–H groups in total. The molecule has 0 aliphatic heterocycles. The summed E-state index contributed by atoms with van der Waals surface area (Å²) in [4.78, 5) is 12.3. The number of hydrogen-bond acceptors (Lipinski definition) is 4. The second-order valence-electron chi connectivity index (χ2n) is 6.06. The van der Waals surface area contributed by atoms with Crippen LogP contribution in [0, 0.1) is 13.8 Å². The second kappa shape index (κ2) is 10.3. The number of ketones is 1. The van der Waals surface area contributed by atoms with E-state index in [2.05, 4.69) is 0 Å². The Morgan fingerprint density at radius 3 is 1.96 bits per heavy atom. The fourth-order valence-electron chi connectivity index (χ4n) is 2.79. The Balaban J connectivity index is 2.34. The van der Waals surface area contributed by atoms with Crippen molar-refractivity contribution < 1.29 is 18.1 Å². The van der Waals surface area contributed by atoms with Gasteiger partial charge in [0.1, 0.15) is 0 Å². The molecule has 0 saturated carbocycles. The Kier molecular flexibility index (Phi) is 9.16. The minimum absolute atomic E-state index is 0.187. The molecule has 1 rings (SSSR count). The standard InChI is InChI=1S/C18H29ClO4Si/c1-14-12-16(13-15(2)18(14)19)17(20)10-8-6-7-9-11-24(21-3,22-4)23-5/h12-13H,6-11H2,1-5H3. The van der Waals surface area contributed by atoms with Crippen molar-refractivity contribution in [2.75, 3.05) is 21.3 Å². The van der Waals surface area contributed by atoms with Gasteiger partial charge in [-0.25, -0.2) is 0 Å². The quantitative estimate of drug-likeness (QED) is 0.312. The second-order valence-corrected chi connectivity index (χ2v) is 9.53. The highest BCUT2D eigenvalue weighted by Gasteiger charge is 2.36. The molecule has 0 aliphatic rings. The van der Waals surface area contributed by atoms with E-state index in [-0.39, 0.29) is 5.78 Å². The molecule has 4 nitrogen and oxygen atoms in total. The van der Waals surface area contributed by atoms with Gasteiger partial charge in [-0.1, -0.05) is 24.4 Å². The van der Waals surface area contributed by atoms with Gasteiger partial charge in [0.15, 0.2) is 5.78 Å². The highest BCUT2D eigenvalue weighted by atomic mass is 35.5. The largest absolute Gasteiger partial charge is 0.500 e. The molecule has 0 aromatic heterocycles. The van der Waals surface area contributed by atoms with Crippen LogP contribution in [0.3, 0.4) is 0 Å². The first-order chi connectivity index (χ1) is 11.4. The number of carbonyl (C=O) groups excluding carboxylic acids is 1. The van der Waals surface area contributed by atoms with Gasteiger partial charge in [0.05, 0.1) is 0 Å². The average molecular weight is 373 g/mol. The lowest BCUT2D eigenvalue weighted by atomic mass is 10.0. The van der Waals surface area contributed by atoms with E-state index in [4.69, 9.17) is 24.9 Å². The van der Waals surface area contributed by atoms with Crippen LogP contribution in [-0.2, 0) is 13.3 Å². The van der Waals surface area contributed by atoms with Crippen molar-refractivity contribution in [3.05, 3.63) is 33.8 Å². The Bertz CT molecular complexity index is 513. The molecule has 1 aromatic carbocycles. The predicted molar refractivity (Wildman–Crippen MR) is 99.9 cm³/mol. The zero-order valence-corrected chi connectivity index (χ0v) is 17.2. The molecule has 0 heterocycles. The molecular weight excluding hydrogens is 344 g/mol. The molecule has 24 heavy (non-hydrogen) atoms. The lowest BCUT2D eigenvalue weighted by molar-refractivity contribution is 0.0978. The van der Waals surface area contributed by atoms with E-state index in [1.165, 1.54) is 0 Å². The molecule has 0 radical (unpaired) electrons. The maximum absolute atomic E-state index is 12.3. The fourth-order valence-corrected chi connectivity index (χ4v) is 4.69. The first kappa shape index (κ1) is 21.3. The number of unbranched alkanes of at least 4 members (excludes halogenated alkanes) is 3. The summed E-state index contributed by atoms with van der Waals surface area (Å²) in [6.07, 6.45) is 4.49. The Morgan fingerprint density at radius 1 is 0.958 bits per heavy atom. The molecule has 1 aromatic rings. The third-order valence-corrected chi connectivity index (χ3v) is 7.76. The van der Waals surface area contributed by atoms with Crippen LogP contribution < -0.4 is 0 Å². The van der Waals surface area contributed by atoms with E-state index >= 15 is 0 Å². The Morgan fingerprint density at radius 2 is 1.46 bits per heavy atom. The Hall–Kier alpha value is -0.723. The summed E-state index contributed by atoms with van der Waals surface area (Å²) in [7, 11) is 2.45. The number of aryl methyl sites for hydroxylation is 2. The van der Waals surface area contributed by atoms with Crippen molar-refractivity contribution in [2.24, 2.45) is 0 Å². The highest BCUT2D eigenvalue weighted by molar-refractivity contribution is 6.60. The van der Waals surface area contributed by atoms with E-state index in [0.717, 1.165) is 53.4 Å². The van der Waals surface area contributed by atoms with Crippen molar-refractivity contribution in [3.8, 4) is 0 Å². The number of benzene rings is 1. The molecule has 0 fully saturated rings. The first-order valence-corrected chi connectivity index (χ1v) is 10.7. The molecule has 6 heteroatoms. The van der Waals surface area contributed by atoms with Crippen molar-refractivity contribution in [1.82, 2.24) is 0 Å². The lowest BCUT2D eigenvalue weighted by Crippen LogP contribution is -2.42. The molecule has 0 aliphatic carbocycles. The van der Waals surface area contributed by atoms with Crippen LogP contribution in [-0.4, -0.2) is 35.9 Å². The first-order valence-electron chi connectivity index (χ1n) is 8.34. The van der Waals surface area contributed by atoms with Crippen molar-refractivity contribution in [3.63, 3.8) is 0 Å². The topological polar surface area (TPSA) is 44.8 Å². The minimum Gasteiger partial charge on any atom is -0.377 e. The number of hydrogen-bond donors (Lipinski definition) is 0. The normalized spacial score (nSPS) is 11.8. The van der Waals surface area contributed by atoms with Crippen LogP contribution in [0.25, 0.3) is 0 Å². The summed E-state index contributed by atoms with van der Waals surface area (Å²) in [5.41, 5.74) is 2.68. The number of rotatable bonds is 11. The van der Waals surface area contributed by atoms with Gasteiger partial charge >= 0.3 is 8.80 Å². The van der Waals surface area contributed by atoms with Crippen molar-refractivity contribution >= 4 is 26.2 Å². The smallest absolute Gasteiger partial charge is 0.377 e. The van der Waals surface area contributed by atoms with Crippen molar-refractivity contribution in [2.45, 2.75) is 52.0 Å². The number of Topliss-reactive ketones (excluding diaryl/α,β-unsaturated/α-hetero) is 1. The highest BCUT2D eigenvalue weighted by Crippen LogP contribution is 2.23. The van der Waals surface area contributed by atoms with Gasteiger partial charge in [-0.2, -0.15) is 0 Å². The Labute approximate surface area is 151 Å². The van der Waals surface area contributed by atoms with E-state index in [1.807, 2.05) is 26.0 Å². The van der Waals surface area contributed by atoms with Crippen LogP contribution in [0.15, 0.2) is 12.1 Å². The molecule has 0 saturated heterocycles. The van der Waals surface area contributed by atoms with Crippen LogP contribution >= 0.6 is 11.6 Å². The molecular formula is C18H29ClO4Si. The zero-order chi connectivity index (χ0) is 18.2. The van der Waals surface area contributed by atoms with Gasteiger partial charge < -0.3 is 13.3 Å². The molecule has 0 bridgehead atoms. The van der Waals surface area contributed by atoms with E-state index in [1.54, 1.807) is 21.3 Å². The van der Waals surface area contributed by atoms with Gasteiger partial charge in [-0.3, -0.25) is 4.79 Å². The van der Waals surface area contributed by atoms with Crippen LogP contribution in [0.4, 0.5) is 0 Å². The average Bonchev–Trinajstić information content (AvgIpc) is 2.59. The number of halogens is 1. The lowest BCUT2D eigenvalue weighted by Gasteiger charge is -2.24. The fraction of sp³-hybridized carbons (Fsp3) is 0.611. The van der Waals surface area contributed by atoms with Gasteiger partial charge in [-0.15, -0.1) is 0 Å². The molecule has 136 valence electrons. The van der Waals surface area contributed by atoms with Gasteiger partial charge in [0.2, 0.25) is 0 Å². The third kappa shape index (κ3) is 5.97. The molecule has 0 unspecified atom stereocenters. The zero-order valence-electron chi connectivity index (χ0n) is 15.4. The van der Waals surface area contributed by atoms with Gasteiger partial charge in [0.25, 0.3) is 0 Å². The summed E-state index contributed by atoms with van der Waals surface area (Å²) in [6.45, 7) is 3.87. The SMILES string of the molecule is CO[Si](CCCCCCC(=O)c1cc(C)c(Cl)c(C)c1)(OC)OC. The maximum Gasteiger partial charge on any atom is 0.500 e. The summed E-state index contributed by atoms with van der Waals surface area (Å²) in [5.74, 6) is 0.187. The third-order valence-electron chi connectivity index (χ3n) is 4.33. The monoisotopic (exact) mass is 372 g/mol. The van der Waals surface area contributed by atoms with E-state index < -0.39 is 8.80 Å². The van der Waals surface area contributed by atoms with E-state index in [0.29, 0.717) is 6.42 Å². The van der Waals surface area contributed by atoms with Crippen molar-refractivity contribution in [1.29, 1.82) is 0 Å². The minimum atomic E-state index is -2.45. The van der Waals surface area contributed by atoms with Crippen LogP contribution in [0.5, 0.6) is 0 Å². The van der Waals surface area contributed by atoms with Gasteiger partial charge in [0, 0.05) is 44.4 Å². The van der Waals surface area contributed by atoms with Crippen LogP contribution in [0.1, 0.15) is 53.6 Å². The maximum atomic E-state index is 12.3. The number of carbonyl (C=O) groups is 1. The summed E-state index contributed by atoms with van der Waals surface area (Å²) in [6, 6.07) is 4.57. The molecule has 0 spiro atoms. The summed E-state index contributed by atoms with van der Waals surface area (Å²) >= 11 is 6.15. The van der Waals surface area contributed by atoms with Gasteiger partial charge in [-0.05, 0) is 49.9 Å². The van der Waals surface area contributed by atoms with E-state index in [9.17, 15) is 4.79 Å². The molecule has 0 atom stereocenters. The summed E-state index contributed by atoms with van der Waals surface area (Å²) < 4.78 is 16.2. The predicted octanol–water partition coefficient (Wildman–Crippen LogP) is 4.97. The van der Waals surface area contributed by atoms with Crippen LogP contribution in [0.2, 0.25) is 11.1 Å². The molecule has 0 amide bonds. The summed E-state index contributed by atoms with van der Waals surface area (Å²) in [5, 5.41) is 0.744.